The van der Waals surface area contributed by atoms with E-state index < -0.39 is 11.9 Å². The number of rotatable bonds is 7. The Bertz CT molecular complexity index is 963. The molecular weight excluding hydrogens is 383 g/mol. The number of hydrogen-bond donors (Lipinski definition) is 1. The summed E-state index contributed by atoms with van der Waals surface area (Å²) in [5.41, 5.74) is 0.642. The smallest absolute Gasteiger partial charge is 0.433 e. The van der Waals surface area contributed by atoms with Gasteiger partial charge in [0, 0.05) is 12.1 Å². The van der Waals surface area contributed by atoms with Gasteiger partial charge in [0.05, 0.1) is 19.9 Å². The largest absolute Gasteiger partial charge is 0.493 e. The van der Waals surface area contributed by atoms with Gasteiger partial charge < -0.3 is 14.8 Å². The summed E-state index contributed by atoms with van der Waals surface area (Å²) in [5.74, 6) is 0.791. The van der Waals surface area contributed by atoms with E-state index in [0.29, 0.717) is 30.0 Å². The highest BCUT2D eigenvalue weighted by molar-refractivity contribution is 5.65. The Morgan fingerprint density at radius 3 is 2.28 bits per heavy atom. The van der Waals surface area contributed by atoms with Gasteiger partial charge in [-0.3, -0.25) is 0 Å². The molecule has 29 heavy (non-hydrogen) atoms. The molecule has 0 bridgehead atoms. The number of aromatic nitrogens is 2. The van der Waals surface area contributed by atoms with Crippen molar-refractivity contribution in [1.82, 2.24) is 9.97 Å². The summed E-state index contributed by atoms with van der Waals surface area (Å²) in [4.78, 5) is 7.90. The first-order valence-corrected chi connectivity index (χ1v) is 8.87. The standard InChI is InChI=1S/C21H20F3N3O2/c1-28-17-9-8-15(12-18(17)29-2)16-13-19(21(22,23)24)27-20(26-16)25-11-10-14-6-4-3-5-7-14/h3-9,12-13H,10-11H2,1-2H3,(H,25,26,27). The number of anilines is 1. The number of alkyl halides is 3. The Balaban J connectivity index is 1.90. The number of ether oxygens (including phenoxy) is 2. The van der Waals surface area contributed by atoms with Crippen LogP contribution in [0, 0.1) is 0 Å². The number of halogens is 3. The van der Waals surface area contributed by atoms with Crippen molar-refractivity contribution in [2.45, 2.75) is 12.6 Å². The minimum absolute atomic E-state index is 0.0828. The Kier molecular flexibility index (Phi) is 6.21. The van der Waals surface area contributed by atoms with Gasteiger partial charge in [-0.1, -0.05) is 30.3 Å². The molecule has 0 saturated heterocycles. The third-order valence-corrected chi connectivity index (χ3v) is 4.24. The van der Waals surface area contributed by atoms with Crippen LogP contribution >= 0.6 is 0 Å². The molecule has 0 spiro atoms. The molecule has 0 aliphatic carbocycles. The van der Waals surface area contributed by atoms with Gasteiger partial charge in [0.2, 0.25) is 5.95 Å². The number of nitrogens with zero attached hydrogens (tertiary/aromatic N) is 2. The summed E-state index contributed by atoms with van der Waals surface area (Å²) in [6, 6.07) is 15.4. The van der Waals surface area contributed by atoms with Crippen molar-refractivity contribution >= 4 is 5.95 Å². The molecule has 0 atom stereocenters. The van der Waals surface area contributed by atoms with Gasteiger partial charge in [-0.15, -0.1) is 0 Å². The molecular formula is C21H20F3N3O2. The van der Waals surface area contributed by atoms with Crippen LogP contribution in [0.1, 0.15) is 11.3 Å². The highest BCUT2D eigenvalue weighted by atomic mass is 19.4. The zero-order chi connectivity index (χ0) is 20.9. The van der Waals surface area contributed by atoms with E-state index in [1.165, 1.54) is 14.2 Å². The van der Waals surface area contributed by atoms with Crippen LogP contribution in [0.15, 0.2) is 54.6 Å². The average molecular weight is 403 g/mol. The first-order chi connectivity index (χ1) is 13.9. The van der Waals surface area contributed by atoms with E-state index in [9.17, 15) is 13.2 Å². The van der Waals surface area contributed by atoms with E-state index in [2.05, 4.69) is 15.3 Å². The molecule has 3 rings (SSSR count). The molecule has 0 radical (unpaired) electrons. The fourth-order valence-electron chi connectivity index (χ4n) is 2.78. The van der Waals surface area contributed by atoms with Gasteiger partial charge in [-0.2, -0.15) is 13.2 Å². The van der Waals surface area contributed by atoms with Crippen LogP contribution in [-0.4, -0.2) is 30.7 Å². The molecule has 0 unspecified atom stereocenters. The fourth-order valence-corrected chi connectivity index (χ4v) is 2.78. The predicted molar refractivity (Wildman–Crippen MR) is 104 cm³/mol. The van der Waals surface area contributed by atoms with Crippen LogP contribution in [0.25, 0.3) is 11.3 Å². The lowest BCUT2D eigenvalue weighted by atomic mass is 10.1. The summed E-state index contributed by atoms with van der Waals surface area (Å²) in [7, 11) is 2.94. The summed E-state index contributed by atoms with van der Waals surface area (Å²) in [6.45, 7) is 0.400. The van der Waals surface area contributed by atoms with Crippen LogP contribution in [-0.2, 0) is 12.6 Å². The molecule has 8 heteroatoms. The summed E-state index contributed by atoms with van der Waals surface area (Å²) in [6.07, 6.45) is -3.96. The average Bonchev–Trinajstić information content (AvgIpc) is 2.73. The molecule has 5 nitrogen and oxygen atoms in total. The van der Waals surface area contributed by atoms with Gasteiger partial charge in [-0.05, 0) is 36.2 Å². The van der Waals surface area contributed by atoms with Crippen LogP contribution < -0.4 is 14.8 Å². The van der Waals surface area contributed by atoms with Crippen molar-refractivity contribution in [3.05, 3.63) is 65.9 Å². The Labute approximate surface area is 166 Å². The van der Waals surface area contributed by atoms with E-state index in [-0.39, 0.29) is 11.6 Å². The number of nitrogens with one attached hydrogen (secondary N) is 1. The van der Waals surface area contributed by atoms with Gasteiger partial charge >= 0.3 is 6.18 Å². The maximum Gasteiger partial charge on any atom is 0.433 e. The first kappa shape index (κ1) is 20.4. The SMILES string of the molecule is COc1ccc(-c2cc(C(F)(F)F)nc(NCCc3ccccc3)n2)cc1OC. The molecule has 0 saturated carbocycles. The van der Waals surface area contributed by atoms with E-state index >= 15 is 0 Å². The Morgan fingerprint density at radius 1 is 0.897 bits per heavy atom. The van der Waals surface area contributed by atoms with Crippen molar-refractivity contribution in [3.63, 3.8) is 0 Å². The van der Waals surface area contributed by atoms with Crippen LogP contribution in [0.5, 0.6) is 11.5 Å². The fraction of sp³-hybridized carbons (Fsp3) is 0.238. The van der Waals surface area contributed by atoms with Crippen LogP contribution in [0.2, 0.25) is 0 Å². The number of hydrogen-bond acceptors (Lipinski definition) is 5. The zero-order valence-electron chi connectivity index (χ0n) is 16.0. The van der Waals surface area contributed by atoms with Gasteiger partial charge in [-0.25, -0.2) is 9.97 Å². The van der Waals surface area contributed by atoms with E-state index in [1.54, 1.807) is 18.2 Å². The van der Waals surface area contributed by atoms with Gasteiger partial charge in [0.25, 0.3) is 0 Å². The molecule has 1 aromatic heterocycles. The molecule has 152 valence electrons. The predicted octanol–water partition coefficient (Wildman–Crippen LogP) is 4.83. The molecule has 0 fully saturated rings. The van der Waals surface area contributed by atoms with E-state index in [0.717, 1.165) is 11.6 Å². The third-order valence-electron chi connectivity index (χ3n) is 4.24. The summed E-state index contributed by atoms with van der Waals surface area (Å²) < 4.78 is 50.5. The third kappa shape index (κ3) is 5.16. The van der Waals surface area contributed by atoms with Gasteiger partial charge in [0.1, 0.15) is 0 Å². The van der Waals surface area contributed by atoms with Crippen LogP contribution in [0.3, 0.4) is 0 Å². The molecule has 0 aliphatic rings. The second-order valence-corrected chi connectivity index (χ2v) is 6.19. The lowest BCUT2D eigenvalue weighted by Gasteiger charge is -2.13. The first-order valence-electron chi connectivity index (χ1n) is 8.87. The second-order valence-electron chi connectivity index (χ2n) is 6.19. The molecule has 3 aromatic rings. The highest BCUT2D eigenvalue weighted by Crippen LogP contribution is 2.34. The maximum absolute atomic E-state index is 13.4. The molecule has 0 aliphatic heterocycles. The van der Waals surface area contributed by atoms with E-state index in [4.69, 9.17) is 9.47 Å². The Morgan fingerprint density at radius 2 is 1.62 bits per heavy atom. The summed E-state index contributed by atoms with van der Waals surface area (Å²) >= 11 is 0. The van der Waals surface area contributed by atoms with Crippen molar-refractivity contribution in [2.75, 3.05) is 26.1 Å². The zero-order valence-corrected chi connectivity index (χ0v) is 16.0. The quantitative estimate of drug-likeness (QED) is 0.612. The normalized spacial score (nSPS) is 11.2. The Hall–Kier alpha value is -3.29. The topological polar surface area (TPSA) is 56.3 Å². The van der Waals surface area contributed by atoms with Crippen LogP contribution in [0.4, 0.5) is 19.1 Å². The van der Waals surface area contributed by atoms with Crippen molar-refractivity contribution in [2.24, 2.45) is 0 Å². The van der Waals surface area contributed by atoms with Crippen molar-refractivity contribution in [1.29, 1.82) is 0 Å². The monoisotopic (exact) mass is 403 g/mol. The lowest BCUT2D eigenvalue weighted by Crippen LogP contribution is -2.14. The summed E-state index contributed by atoms with van der Waals surface area (Å²) in [5, 5.41) is 2.89. The van der Waals surface area contributed by atoms with Crippen molar-refractivity contribution < 1.29 is 22.6 Å². The van der Waals surface area contributed by atoms with Crippen molar-refractivity contribution in [3.8, 4) is 22.8 Å². The maximum atomic E-state index is 13.4. The highest BCUT2D eigenvalue weighted by Gasteiger charge is 2.34. The number of benzene rings is 2. The lowest BCUT2D eigenvalue weighted by molar-refractivity contribution is -0.141. The molecule has 1 heterocycles. The van der Waals surface area contributed by atoms with E-state index in [1.807, 2.05) is 30.3 Å². The molecule has 1 N–H and O–H groups in total. The second kappa shape index (κ2) is 8.81. The minimum Gasteiger partial charge on any atom is -0.493 e. The molecule has 0 amide bonds. The number of methoxy groups -OCH3 is 2. The minimum atomic E-state index is -4.59. The van der Waals surface area contributed by atoms with Gasteiger partial charge in [0.15, 0.2) is 17.2 Å². The molecule has 2 aromatic carbocycles.